The SMILES string of the molecule is Cc1ccc(Cl)cc1-n1c(C)cc([C@H]2[C@H](c3ccccn3)NC(=S)N2c2ccc(NS(C)(=O)=O)cc2)c1C. The monoisotopic (exact) mass is 565 g/mol. The lowest BCUT2D eigenvalue weighted by Crippen LogP contribution is -2.29. The summed E-state index contributed by atoms with van der Waals surface area (Å²) in [6.07, 6.45) is 2.91. The highest BCUT2D eigenvalue weighted by atomic mass is 35.5. The number of rotatable bonds is 6. The topological polar surface area (TPSA) is 79.3 Å². The van der Waals surface area contributed by atoms with Crippen LogP contribution in [0.4, 0.5) is 11.4 Å². The van der Waals surface area contributed by atoms with Crippen molar-refractivity contribution >= 4 is 50.3 Å². The van der Waals surface area contributed by atoms with Crippen molar-refractivity contribution in [1.29, 1.82) is 0 Å². The molecular weight excluding hydrogens is 538 g/mol. The minimum atomic E-state index is -3.38. The van der Waals surface area contributed by atoms with Crippen LogP contribution in [-0.4, -0.2) is 29.3 Å². The van der Waals surface area contributed by atoms with Crippen LogP contribution in [0.5, 0.6) is 0 Å². The Bertz CT molecular complexity index is 1620. The summed E-state index contributed by atoms with van der Waals surface area (Å²) < 4.78 is 28.1. The maximum Gasteiger partial charge on any atom is 0.229 e. The van der Waals surface area contributed by atoms with Crippen molar-refractivity contribution in [3.8, 4) is 5.69 Å². The van der Waals surface area contributed by atoms with Crippen LogP contribution in [0.1, 0.15) is 40.3 Å². The molecule has 1 fully saturated rings. The van der Waals surface area contributed by atoms with Gasteiger partial charge in [-0.2, -0.15) is 0 Å². The molecule has 2 aromatic heterocycles. The third kappa shape index (κ3) is 5.01. The van der Waals surface area contributed by atoms with Crippen LogP contribution in [0.25, 0.3) is 5.69 Å². The molecule has 2 aromatic carbocycles. The second-order valence-corrected chi connectivity index (χ2v) is 12.1. The number of hydrogen-bond donors (Lipinski definition) is 2. The number of sulfonamides is 1. The Morgan fingerprint density at radius 2 is 1.76 bits per heavy atom. The standard InChI is InChI=1S/C28H28ClN5O2S2/c1-17-8-9-20(29)16-25(17)33-18(2)15-23(19(33)3)27-26(24-7-5-6-14-30-24)31-28(37)34(27)22-12-10-21(11-13-22)32-38(4,35)36/h5-16,26-27,32H,1-4H3,(H,31,37)/t26-,27-/m0/s1. The van der Waals surface area contributed by atoms with Gasteiger partial charge in [0, 0.05) is 39.7 Å². The van der Waals surface area contributed by atoms with Gasteiger partial charge in [-0.1, -0.05) is 23.7 Å². The third-order valence-electron chi connectivity index (χ3n) is 6.75. The number of benzene rings is 2. The van der Waals surface area contributed by atoms with E-state index in [9.17, 15) is 8.42 Å². The van der Waals surface area contributed by atoms with Gasteiger partial charge in [-0.15, -0.1) is 0 Å². The number of hydrogen-bond acceptors (Lipinski definition) is 4. The summed E-state index contributed by atoms with van der Waals surface area (Å²) in [6, 6.07) is 20.8. The minimum Gasteiger partial charge on any atom is -0.351 e. The van der Waals surface area contributed by atoms with Gasteiger partial charge in [-0.3, -0.25) is 9.71 Å². The van der Waals surface area contributed by atoms with Crippen molar-refractivity contribution in [2.75, 3.05) is 15.9 Å². The smallest absolute Gasteiger partial charge is 0.229 e. The summed E-state index contributed by atoms with van der Waals surface area (Å²) in [5.74, 6) is 0. The van der Waals surface area contributed by atoms with Gasteiger partial charge in [-0.05, 0) is 98.7 Å². The van der Waals surface area contributed by atoms with Gasteiger partial charge in [0.2, 0.25) is 10.0 Å². The molecule has 4 aromatic rings. The van der Waals surface area contributed by atoms with Crippen LogP contribution in [0.2, 0.25) is 5.02 Å². The minimum absolute atomic E-state index is 0.202. The first kappa shape index (κ1) is 26.2. The molecule has 0 amide bonds. The molecule has 2 atom stereocenters. The largest absolute Gasteiger partial charge is 0.351 e. The first-order valence-electron chi connectivity index (χ1n) is 12.1. The van der Waals surface area contributed by atoms with E-state index in [0.717, 1.165) is 45.8 Å². The molecule has 0 spiro atoms. The zero-order valence-electron chi connectivity index (χ0n) is 21.4. The number of nitrogens with one attached hydrogen (secondary N) is 2. The molecule has 0 aliphatic carbocycles. The van der Waals surface area contributed by atoms with E-state index in [1.165, 1.54) is 0 Å². The summed E-state index contributed by atoms with van der Waals surface area (Å²) in [5.41, 5.74) is 7.61. The number of halogens is 1. The van der Waals surface area contributed by atoms with Crippen molar-refractivity contribution in [1.82, 2.24) is 14.9 Å². The molecule has 1 aliphatic rings. The summed E-state index contributed by atoms with van der Waals surface area (Å²) in [7, 11) is -3.38. The molecular formula is C28H28ClN5O2S2. The molecule has 0 radical (unpaired) electrons. The number of aromatic nitrogens is 2. The molecule has 0 bridgehead atoms. The highest BCUT2D eigenvalue weighted by Gasteiger charge is 2.42. The Labute approximate surface area is 233 Å². The first-order valence-corrected chi connectivity index (χ1v) is 14.7. The van der Waals surface area contributed by atoms with Crippen LogP contribution in [0, 0.1) is 20.8 Å². The lowest BCUT2D eigenvalue weighted by atomic mass is 9.96. The van der Waals surface area contributed by atoms with Crippen LogP contribution >= 0.6 is 23.8 Å². The van der Waals surface area contributed by atoms with Crippen molar-refractivity contribution in [2.24, 2.45) is 0 Å². The molecule has 2 N–H and O–H groups in total. The first-order chi connectivity index (χ1) is 18.0. The van der Waals surface area contributed by atoms with Crippen LogP contribution in [-0.2, 0) is 10.0 Å². The molecule has 0 saturated carbocycles. The third-order valence-corrected chi connectivity index (χ3v) is 7.90. The number of aryl methyl sites for hydroxylation is 2. The zero-order chi connectivity index (χ0) is 27.2. The van der Waals surface area contributed by atoms with Gasteiger partial charge >= 0.3 is 0 Å². The predicted octanol–water partition coefficient (Wildman–Crippen LogP) is 6.00. The van der Waals surface area contributed by atoms with E-state index in [4.69, 9.17) is 23.8 Å². The lowest BCUT2D eigenvalue weighted by Gasteiger charge is -2.28. The highest BCUT2D eigenvalue weighted by molar-refractivity contribution is 7.92. The van der Waals surface area contributed by atoms with E-state index in [1.54, 1.807) is 18.3 Å². The van der Waals surface area contributed by atoms with Crippen LogP contribution < -0.4 is 14.9 Å². The number of anilines is 2. The van der Waals surface area contributed by atoms with Crippen molar-refractivity contribution in [3.63, 3.8) is 0 Å². The average Bonchev–Trinajstić information content (AvgIpc) is 3.36. The average molecular weight is 566 g/mol. The Morgan fingerprint density at radius 1 is 1.03 bits per heavy atom. The number of thiocarbonyl (C=S) groups is 1. The summed E-state index contributed by atoms with van der Waals surface area (Å²) >= 11 is 12.2. The molecule has 5 rings (SSSR count). The van der Waals surface area contributed by atoms with E-state index in [1.807, 2.05) is 48.5 Å². The Kier molecular flexibility index (Phi) is 6.94. The Hall–Kier alpha value is -3.40. The van der Waals surface area contributed by atoms with Crippen molar-refractivity contribution in [2.45, 2.75) is 32.9 Å². The maximum absolute atomic E-state index is 11.7. The van der Waals surface area contributed by atoms with Crippen LogP contribution in [0.15, 0.2) is 72.9 Å². The molecule has 38 heavy (non-hydrogen) atoms. The normalized spacial score (nSPS) is 17.5. The van der Waals surface area contributed by atoms with Gasteiger partial charge < -0.3 is 14.8 Å². The van der Waals surface area contributed by atoms with E-state index in [0.29, 0.717) is 15.8 Å². The zero-order valence-corrected chi connectivity index (χ0v) is 23.8. The fourth-order valence-electron chi connectivity index (χ4n) is 5.13. The summed E-state index contributed by atoms with van der Waals surface area (Å²) in [4.78, 5) is 6.73. The van der Waals surface area contributed by atoms with Crippen molar-refractivity contribution < 1.29 is 8.42 Å². The van der Waals surface area contributed by atoms with E-state index in [2.05, 4.69) is 51.3 Å². The molecule has 3 heterocycles. The Morgan fingerprint density at radius 3 is 2.42 bits per heavy atom. The predicted molar refractivity (Wildman–Crippen MR) is 158 cm³/mol. The van der Waals surface area contributed by atoms with Gasteiger partial charge in [0.05, 0.1) is 24.0 Å². The fourth-order valence-corrected chi connectivity index (χ4v) is 6.21. The van der Waals surface area contributed by atoms with Gasteiger partial charge in [0.1, 0.15) is 0 Å². The van der Waals surface area contributed by atoms with Gasteiger partial charge in [0.15, 0.2) is 5.11 Å². The quantitative estimate of drug-likeness (QED) is 0.279. The number of nitrogens with zero attached hydrogens (tertiary/aromatic N) is 3. The second kappa shape index (κ2) is 10.1. The maximum atomic E-state index is 11.7. The molecule has 7 nitrogen and oxygen atoms in total. The lowest BCUT2D eigenvalue weighted by molar-refractivity contribution is 0.565. The Balaban J connectivity index is 1.65. The summed E-state index contributed by atoms with van der Waals surface area (Å²) in [6.45, 7) is 6.27. The number of pyridine rings is 1. The molecule has 1 aliphatic heterocycles. The highest BCUT2D eigenvalue weighted by Crippen LogP contribution is 2.44. The summed E-state index contributed by atoms with van der Waals surface area (Å²) in [5, 5.41) is 4.74. The van der Waals surface area contributed by atoms with Gasteiger partial charge in [-0.25, -0.2) is 8.42 Å². The molecule has 196 valence electrons. The van der Waals surface area contributed by atoms with E-state index < -0.39 is 10.0 Å². The van der Waals surface area contributed by atoms with E-state index in [-0.39, 0.29) is 12.1 Å². The molecule has 1 saturated heterocycles. The van der Waals surface area contributed by atoms with Crippen molar-refractivity contribution in [3.05, 3.63) is 106 Å². The second-order valence-electron chi connectivity index (χ2n) is 9.51. The molecule has 10 heteroatoms. The molecule has 0 unspecified atom stereocenters. The van der Waals surface area contributed by atoms with E-state index >= 15 is 0 Å². The van der Waals surface area contributed by atoms with Gasteiger partial charge in [0.25, 0.3) is 0 Å². The van der Waals surface area contributed by atoms with Crippen LogP contribution in [0.3, 0.4) is 0 Å². The fraction of sp³-hybridized carbons (Fsp3) is 0.214.